The van der Waals surface area contributed by atoms with Crippen LogP contribution in [0.15, 0.2) is 48.5 Å². The number of benzene rings is 2. The van der Waals surface area contributed by atoms with Gasteiger partial charge in [0.05, 0.1) is 30.8 Å². The summed E-state index contributed by atoms with van der Waals surface area (Å²) in [5.41, 5.74) is 4.87. The molecule has 1 amide bonds. The van der Waals surface area contributed by atoms with Crippen LogP contribution in [0.2, 0.25) is 0 Å². The third kappa shape index (κ3) is 5.12. The number of esters is 1. The van der Waals surface area contributed by atoms with Crippen LogP contribution < -0.4 is 10.1 Å². The highest BCUT2D eigenvalue weighted by Gasteiger charge is 2.15. The second-order valence-electron chi connectivity index (χ2n) is 7.07. The Morgan fingerprint density at radius 2 is 1.77 bits per heavy atom. The average Bonchev–Trinajstić information content (AvgIpc) is 3.07. The number of hydrogen-bond acceptors (Lipinski definition) is 5. The van der Waals surface area contributed by atoms with Crippen LogP contribution in [0, 0.1) is 13.8 Å². The standard InChI is InChI=1S/C24H27N3O4/c1-5-31-22-9-7-6-8-21(22)25-24(29)18-10-12-19(13-11-18)27-17(3)20(16(2)26-27)14-15-23(28)30-4/h6-13H,5,14-15H2,1-4H3,(H,25,29). The minimum Gasteiger partial charge on any atom is -0.492 e. The van der Waals surface area contributed by atoms with E-state index in [0.717, 1.165) is 22.6 Å². The van der Waals surface area contributed by atoms with E-state index >= 15 is 0 Å². The number of carbonyl (C=O) groups is 2. The summed E-state index contributed by atoms with van der Waals surface area (Å²) in [7, 11) is 1.39. The van der Waals surface area contributed by atoms with Gasteiger partial charge in [0, 0.05) is 17.7 Å². The first-order valence-corrected chi connectivity index (χ1v) is 10.2. The molecule has 0 fully saturated rings. The number of nitrogens with one attached hydrogen (secondary N) is 1. The van der Waals surface area contributed by atoms with Gasteiger partial charge in [-0.25, -0.2) is 4.68 Å². The van der Waals surface area contributed by atoms with Gasteiger partial charge in [-0.1, -0.05) is 12.1 Å². The number of methoxy groups -OCH3 is 1. The zero-order valence-corrected chi connectivity index (χ0v) is 18.3. The Morgan fingerprint density at radius 1 is 1.06 bits per heavy atom. The summed E-state index contributed by atoms with van der Waals surface area (Å²) >= 11 is 0. The van der Waals surface area contributed by atoms with Crippen molar-refractivity contribution in [3.05, 3.63) is 71.0 Å². The molecule has 1 heterocycles. The lowest BCUT2D eigenvalue weighted by Crippen LogP contribution is -2.13. The minimum atomic E-state index is -0.243. The number of carbonyl (C=O) groups excluding carboxylic acids is 2. The molecular weight excluding hydrogens is 394 g/mol. The molecule has 0 bridgehead atoms. The molecule has 7 nitrogen and oxygen atoms in total. The highest BCUT2D eigenvalue weighted by Crippen LogP contribution is 2.25. The maximum atomic E-state index is 12.7. The lowest BCUT2D eigenvalue weighted by molar-refractivity contribution is -0.140. The number of hydrogen-bond donors (Lipinski definition) is 1. The fourth-order valence-corrected chi connectivity index (χ4v) is 3.42. The first-order valence-electron chi connectivity index (χ1n) is 10.2. The number of para-hydroxylation sites is 2. The van der Waals surface area contributed by atoms with Gasteiger partial charge in [0.1, 0.15) is 5.75 Å². The van der Waals surface area contributed by atoms with Crippen molar-refractivity contribution in [3.63, 3.8) is 0 Å². The number of amides is 1. The van der Waals surface area contributed by atoms with Gasteiger partial charge in [-0.05, 0) is 69.2 Å². The Morgan fingerprint density at radius 3 is 2.45 bits per heavy atom. The molecule has 3 rings (SSSR count). The highest BCUT2D eigenvalue weighted by molar-refractivity contribution is 6.05. The van der Waals surface area contributed by atoms with Gasteiger partial charge in [-0.15, -0.1) is 0 Å². The van der Waals surface area contributed by atoms with E-state index in [0.29, 0.717) is 36.4 Å². The van der Waals surface area contributed by atoms with Gasteiger partial charge >= 0.3 is 5.97 Å². The van der Waals surface area contributed by atoms with Crippen LogP contribution in [0.4, 0.5) is 5.69 Å². The fraction of sp³-hybridized carbons (Fsp3) is 0.292. The zero-order valence-electron chi connectivity index (χ0n) is 18.3. The molecule has 162 valence electrons. The summed E-state index contributed by atoms with van der Waals surface area (Å²) in [5, 5.41) is 7.50. The SMILES string of the molecule is CCOc1ccccc1NC(=O)c1ccc(-n2nc(C)c(CCC(=O)OC)c2C)cc1. The highest BCUT2D eigenvalue weighted by atomic mass is 16.5. The molecule has 7 heteroatoms. The van der Waals surface area contributed by atoms with Crippen LogP contribution in [0.5, 0.6) is 5.75 Å². The lowest BCUT2D eigenvalue weighted by atomic mass is 10.1. The molecular formula is C24H27N3O4. The van der Waals surface area contributed by atoms with Gasteiger partial charge in [-0.3, -0.25) is 9.59 Å². The molecule has 1 aromatic heterocycles. The van der Waals surface area contributed by atoms with Crippen molar-refractivity contribution in [3.8, 4) is 11.4 Å². The van der Waals surface area contributed by atoms with E-state index in [1.807, 2.05) is 61.9 Å². The number of ether oxygens (including phenoxy) is 2. The third-order valence-electron chi connectivity index (χ3n) is 5.06. The largest absolute Gasteiger partial charge is 0.492 e. The summed E-state index contributed by atoms with van der Waals surface area (Å²) in [5.74, 6) is 0.177. The fourth-order valence-electron chi connectivity index (χ4n) is 3.42. The quantitative estimate of drug-likeness (QED) is 0.550. The van der Waals surface area contributed by atoms with Gasteiger partial charge in [-0.2, -0.15) is 5.10 Å². The molecule has 0 radical (unpaired) electrons. The van der Waals surface area contributed by atoms with Crippen LogP contribution >= 0.6 is 0 Å². The van der Waals surface area contributed by atoms with Crippen molar-refractivity contribution in [1.29, 1.82) is 0 Å². The van der Waals surface area contributed by atoms with E-state index in [4.69, 9.17) is 9.47 Å². The number of aromatic nitrogens is 2. The molecule has 0 spiro atoms. The predicted molar refractivity (Wildman–Crippen MR) is 119 cm³/mol. The van der Waals surface area contributed by atoms with Crippen LogP contribution in [0.1, 0.15) is 40.7 Å². The van der Waals surface area contributed by atoms with E-state index in [1.54, 1.807) is 12.1 Å². The Bertz CT molecular complexity index is 1070. The summed E-state index contributed by atoms with van der Waals surface area (Å²) in [6, 6.07) is 14.6. The molecule has 0 saturated carbocycles. The Labute approximate surface area is 182 Å². The van der Waals surface area contributed by atoms with Crippen LogP contribution in [0.3, 0.4) is 0 Å². The molecule has 2 aromatic carbocycles. The van der Waals surface area contributed by atoms with Gasteiger partial charge in [0.25, 0.3) is 5.91 Å². The van der Waals surface area contributed by atoms with Crippen LogP contribution in [0.25, 0.3) is 5.69 Å². The predicted octanol–water partition coefficient (Wildman–Crippen LogP) is 4.25. The van der Waals surface area contributed by atoms with Gasteiger partial charge < -0.3 is 14.8 Å². The maximum Gasteiger partial charge on any atom is 0.305 e. The normalized spacial score (nSPS) is 10.6. The van der Waals surface area contributed by atoms with E-state index in [2.05, 4.69) is 10.4 Å². The summed E-state index contributed by atoms with van der Waals surface area (Å²) in [4.78, 5) is 24.2. The monoisotopic (exact) mass is 421 g/mol. The molecule has 0 aliphatic heterocycles. The number of nitrogens with zero attached hydrogens (tertiary/aromatic N) is 2. The first kappa shape index (κ1) is 22.1. The Kier molecular flexibility index (Phi) is 7.07. The van der Waals surface area contributed by atoms with E-state index in [9.17, 15) is 9.59 Å². The number of rotatable bonds is 8. The third-order valence-corrected chi connectivity index (χ3v) is 5.06. The molecule has 0 atom stereocenters. The first-order chi connectivity index (χ1) is 14.9. The second kappa shape index (κ2) is 9.93. The number of aryl methyl sites for hydroxylation is 1. The van der Waals surface area contributed by atoms with Gasteiger partial charge in [0.15, 0.2) is 0 Å². The van der Waals surface area contributed by atoms with Crippen LogP contribution in [-0.2, 0) is 16.0 Å². The smallest absolute Gasteiger partial charge is 0.305 e. The molecule has 3 aromatic rings. The van der Waals surface area contributed by atoms with Crippen molar-refractivity contribution in [1.82, 2.24) is 9.78 Å². The molecule has 0 aliphatic rings. The summed E-state index contributed by atoms with van der Waals surface area (Å²) in [6.45, 7) is 6.31. The molecule has 0 aliphatic carbocycles. The van der Waals surface area contributed by atoms with Gasteiger partial charge in [0.2, 0.25) is 0 Å². The minimum absolute atomic E-state index is 0.217. The summed E-state index contributed by atoms with van der Waals surface area (Å²) in [6.07, 6.45) is 0.885. The Balaban J connectivity index is 1.76. The zero-order chi connectivity index (χ0) is 22.4. The molecule has 0 unspecified atom stereocenters. The van der Waals surface area contributed by atoms with Crippen molar-refractivity contribution in [2.45, 2.75) is 33.6 Å². The van der Waals surface area contributed by atoms with Crippen molar-refractivity contribution in [2.75, 3.05) is 19.0 Å². The average molecular weight is 421 g/mol. The lowest BCUT2D eigenvalue weighted by Gasteiger charge is -2.11. The molecule has 0 saturated heterocycles. The molecule has 31 heavy (non-hydrogen) atoms. The van der Waals surface area contributed by atoms with E-state index in [1.165, 1.54) is 7.11 Å². The van der Waals surface area contributed by atoms with Crippen molar-refractivity contribution >= 4 is 17.6 Å². The van der Waals surface area contributed by atoms with E-state index in [-0.39, 0.29) is 11.9 Å². The molecule has 1 N–H and O–H groups in total. The van der Waals surface area contributed by atoms with Crippen molar-refractivity contribution in [2.24, 2.45) is 0 Å². The second-order valence-corrected chi connectivity index (χ2v) is 7.07. The summed E-state index contributed by atoms with van der Waals surface area (Å²) < 4.78 is 12.1. The topological polar surface area (TPSA) is 82.5 Å². The van der Waals surface area contributed by atoms with Crippen molar-refractivity contribution < 1.29 is 19.1 Å². The number of anilines is 1. The van der Waals surface area contributed by atoms with Crippen LogP contribution in [-0.4, -0.2) is 35.4 Å². The van der Waals surface area contributed by atoms with E-state index < -0.39 is 0 Å². The Hall–Kier alpha value is -3.61. The maximum absolute atomic E-state index is 12.7.